The summed E-state index contributed by atoms with van der Waals surface area (Å²) in [6.07, 6.45) is 3.24. The lowest BCUT2D eigenvalue weighted by molar-refractivity contribution is -0.121. The number of hydrogen-bond acceptors (Lipinski definition) is 6. The van der Waals surface area contributed by atoms with Gasteiger partial charge in [-0.05, 0) is 73.7 Å². The van der Waals surface area contributed by atoms with Crippen molar-refractivity contribution in [2.24, 2.45) is 0 Å². The Hall–Kier alpha value is -3.79. The SMILES string of the molecule is Cc1ccc(NC(=O)c2ccc(CN3C(=O)c4ccc(Cl)cc4NC(=O)C3CCN3CCC(O)CC3)cc2)nc1. The molecule has 3 heterocycles. The Morgan fingerprint density at radius 2 is 1.85 bits per heavy atom. The number of aromatic nitrogens is 1. The summed E-state index contributed by atoms with van der Waals surface area (Å²) in [4.78, 5) is 47.9. The second-order valence-corrected chi connectivity index (χ2v) is 10.8. The van der Waals surface area contributed by atoms with Gasteiger partial charge in [-0.3, -0.25) is 14.4 Å². The predicted octanol–water partition coefficient (Wildman–Crippen LogP) is 4.11. The molecular formula is C30H32ClN5O4. The van der Waals surface area contributed by atoms with E-state index in [0.717, 1.165) is 24.2 Å². The van der Waals surface area contributed by atoms with Crippen LogP contribution < -0.4 is 10.6 Å². The number of likely N-dealkylation sites (tertiary alicyclic amines) is 1. The largest absolute Gasteiger partial charge is 0.393 e. The van der Waals surface area contributed by atoms with Crippen molar-refractivity contribution in [2.75, 3.05) is 30.3 Å². The van der Waals surface area contributed by atoms with E-state index in [9.17, 15) is 19.5 Å². The number of carbonyl (C=O) groups excluding carboxylic acids is 3. The number of pyridine rings is 1. The number of nitrogens with one attached hydrogen (secondary N) is 2. The van der Waals surface area contributed by atoms with Crippen molar-refractivity contribution >= 4 is 40.8 Å². The standard InChI is InChI=1S/C30H32ClN5O4/c1-19-2-9-27(32-17-19)34-28(38)21-5-3-20(4-6-21)18-36-26(12-15-35-13-10-23(37)11-14-35)29(39)33-25-16-22(31)7-8-24(25)30(36)40/h2-9,16-17,23,26,37H,10-15,18H2,1H3,(H,33,39)(H,32,34,38). The molecule has 3 aromatic rings. The van der Waals surface area contributed by atoms with Crippen molar-refractivity contribution in [1.29, 1.82) is 0 Å². The second kappa shape index (κ2) is 12.2. The molecule has 0 spiro atoms. The summed E-state index contributed by atoms with van der Waals surface area (Å²) in [5, 5.41) is 16.0. The van der Waals surface area contributed by atoms with Crippen molar-refractivity contribution in [3.8, 4) is 0 Å². The van der Waals surface area contributed by atoms with Crippen LogP contribution in [0.1, 0.15) is 51.1 Å². The van der Waals surface area contributed by atoms with Gasteiger partial charge in [0, 0.05) is 43.0 Å². The van der Waals surface area contributed by atoms with Crippen molar-refractivity contribution in [1.82, 2.24) is 14.8 Å². The molecular weight excluding hydrogens is 530 g/mol. The van der Waals surface area contributed by atoms with Gasteiger partial charge >= 0.3 is 0 Å². The molecule has 0 aliphatic carbocycles. The number of carbonyl (C=O) groups is 3. The zero-order valence-electron chi connectivity index (χ0n) is 22.3. The predicted molar refractivity (Wildman–Crippen MR) is 153 cm³/mol. The summed E-state index contributed by atoms with van der Waals surface area (Å²) in [5.41, 5.74) is 3.01. The minimum Gasteiger partial charge on any atom is -0.393 e. The van der Waals surface area contributed by atoms with Crippen LogP contribution in [0.3, 0.4) is 0 Å². The fraction of sp³-hybridized carbons (Fsp3) is 0.333. The minimum atomic E-state index is -0.707. The molecule has 5 rings (SSSR count). The van der Waals surface area contributed by atoms with Gasteiger partial charge < -0.3 is 25.5 Å². The Morgan fingerprint density at radius 1 is 1.10 bits per heavy atom. The van der Waals surface area contributed by atoms with Gasteiger partial charge in [0.1, 0.15) is 11.9 Å². The first-order valence-electron chi connectivity index (χ1n) is 13.4. The molecule has 3 N–H and O–H groups in total. The molecule has 40 heavy (non-hydrogen) atoms. The van der Waals surface area contributed by atoms with Crippen LogP contribution in [0.25, 0.3) is 0 Å². The van der Waals surface area contributed by atoms with Crippen LogP contribution in [0.15, 0.2) is 60.8 Å². The molecule has 2 aliphatic heterocycles. The minimum absolute atomic E-state index is 0.194. The van der Waals surface area contributed by atoms with Crippen LogP contribution in [-0.4, -0.2) is 69.4 Å². The summed E-state index contributed by atoms with van der Waals surface area (Å²) in [7, 11) is 0. The van der Waals surface area contributed by atoms with Gasteiger partial charge in [0.25, 0.3) is 11.8 Å². The van der Waals surface area contributed by atoms with Crippen LogP contribution in [0, 0.1) is 6.92 Å². The highest BCUT2D eigenvalue weighted by Crippen LogP contribution is 2.29. The molecule has 0 saturated carbocycles. The number of hydrogen-bond donors (Lipinski definition) is 3. The number of benzene rings is 2. The Morgan fingerprint density at radius 3 is 2.55 bits per heavy atom. The molecule has 0 radical (unpaired) electrons. The molecule has 1 fully saturated rings. The van der Waals surface area contributed by atoms with Crippen LogP contribution in [0.5, 0.6) is 0 Å². The third-order valence-corrected chi connectivity index (χ3v) is 7.64. The number of piperidine rings is 1. The molecule has 1 saturated heterocycles. The normalized spacial score (nSPS) is 18.2. The highest BCUT2D eigenvalue weighted by Gasteiger charge is 2.36. The Balaban J connectivity index is 1.34. The molecule has 1 aromatic heterocycles. The van der Waals surface area contributed by atoms with Gasteiger partial charge in [0.2, 0.25) is 5.91 Å². The summed E-state index contributed by atoms with van der Waals surface area (Å²) >= 11 is 6.16. The number of aliphatic hydroxyl groups is 1. The smallest absolute Gasteiger partial charge is 0.256 e. The monoisotopic (exact) mass is 561 g/mol. The van der Waals surface area contributed by atoms with Gasteiger partial charge in [-0.1, -0.05) is 29.8 Å². The van der Waals surface area contributed by atoms with E-state index >= 15 is 0 Å². The Bertz CT molecular complexity index is 1390. The van der Waals surface area contributed by atoms with Crippen molar-refractivity contribution < 1.29 is 19.5 Å². The van der Waals surface area contributed by atoms with E-state index in [4.69, 9.17) is 11.6 Å². The van der Waals surface area contributed by atoms with Crippen molar-refractivity contribution in [3.05, 3.63) is 88.1 Å². The van der Waals surface area contributed by atoms with E-state index in [-0.39, 0.29) is 30.4 Å². The number of amides is 3. The zero-order valence-corrected chi connectivity index (χ0v) is 23.0. The van der Waals surface area contributed by atoms with E-state index in [1.807, 2.05) is 13.0 Å². The van der Waals surface area contributed by atoms with Gasteiger partial charge in [-0.25, -0.2) is 4.98 Å². The molecule has 10 heteroatoms. The lowest BCUT2D eigenvalue weighted by atomic mass is 10.0. The van der Waals surface area contributed by atoms with Crippen LogP contribution in [0.4, 0.5) is 11.5 Å². The molecule has 1 atom stereocenters. The molecule has 1 unspecified atom stereocenters. The highest BCUT2D eigenvalue weighted by atomic mass is 35.5. The Labute approximate surface area is 238 Å². The van der Waals surface area contributed by atoms with Crippen molar-refractivity contribution in [2.45, 2.75) is 44.9 Å². The first kappa shape index (κ1) is 27.8. The van der Waals surface area contributed by atoms with Crippen LogP contribution in [-0.2, 0) is 11.3 Å². The maximum Gasteiger partial charge on any atom is 0.256 e. The van der Waals surface area contributed by atoms with E-state index in [1.165, 1.54) is 0 Å². The van der Waals surface area contributed by atoms with Gasteiger partial charge in [-0.15, -0.1) is 0 Å². The zero-order chi connectivity index (χ0) is 28.2. The number of aliphatic hydroxyl groups excluding tert-OH is 1. The van der Waals surface area contributed by atoms with E-state index in [2.05, 4.69) is 20.5 Å². The fourth-order valence-electron chi connectivity index (χ4n) is 5.07. The molecule has 3 amide bonds. The molecule has 2 aliphatic rings. The van der Waals surface area contributed by atoms with Gasteiger partial charge in [0.15, 0.2) is 0 Å². The molecule has 0 bridgehead atoms. The second-order valence-electron chi connectivity index (χ2n) is 10.4. The van der Waals surface area contributed by atoms with E-state index < -0.39 is 6.04 Å². The Kier molecular flexibility index (Phi) is 8.44. The quantitative estimate of drug-likeness (QED) is 0.400. The average Bonchev–Trinajstić information content (AvgIpc) is 3.03. The lowest BCUT2D eigenvalue weighted by Gasteiger charge is -2.33. The van der Waals surface area contributed by atoms with E-state index in [1.54, 1.807) is 59.6 Å². The number of aryl methyl sites for hydroxylation is 1. The highest BCUT2D eigenvalue weighted by molar-refractivity contribution is 6.31. The molecule has 9 nitrogen and oxygen atoms in total. The first-order chi connectivity index (χ1) is 19.3. The van der Waals surface area contributed by atoms with E-state index in [0.29, 0.717) is 53.5 Å². The number of halogens is 1. The number of fused-ring (bicyclic) bond motifs is 1. The molecule has 208 valence electrons. The summed E-state index contributed by atoms with van der Waals surface area (Å²) < 4.78 is 0. The summed E-state index contributed by atoms with van der Waals surface area (Å²) in [6.45, 7) is 4.24. The average molecular weight is 562 g/mol. The lowest BCUT2D eigenvalue weighted by Crippen LogP contribution is -2.47. The summed E-state index contributed by atoms with van der Waals surface area (Å²) in [6, 6.07) is 14.7. The first-order valence-corrected chi connectivity index (χ1v) is 13.8. The maximum atomic E-state index is 13.8. The third kappa shape index (κ3) is 6.50. The number of anilines is 2. The maximum absolute atomic E-state index is 13.8. The third-order valence-electron chi connectivity index (χ3n) is 7.41. The number of rotatable bonds is 7. The van der Waals surface area contributed by atoms with Gasteiger partial charge in [-0.2, -0.15) is 0 Å². The van der Waals surface area contributed by atoms with Gasteiger partial charge in [0.05, 0.1) is 17.4 Å². The van der Waals surface area contributed by atoms with Crippen LogP contribution >= 0.6 is 11.6 Å². The fourth-order valence-corrected chi connectivity index (χ4v) is 5.24. The number of nitrogens with zero attached hydrogens (tertiary/aromatic N) is 3. The van der Waals surface area contributed by atoms with Crippen LogP contribution in [0.2, 0.25) is 5.02 Å². The van der Waals surface area contributed by atoms with Crippen molar-refractivity contribution in [3.63, 3.8) is 0 Å². The summed E-state index contributed by atoms with van der Waals surface area (Å²) in [5.74, 6) is -0.363. The molecule has 2 aromatic carbocycles. The topological polar surface area (TPSA) is 115 Å².